The van der Waals surface area contributed by atoms with Crippen LogP contribution in [0, 0.1) is 0 Å². The Labute approximate surface area is 164 Å². The molecule has 0 aromatic heterocycles. The number of benzene rings is 3. The molecule has 0 saturated heterocycles. The van der Waals surface area contributed by atoms with Crippen molar-refractivity contribution in [1.82, 2.24) is 0 Å². The van der Waals surface area contributed by atoms with Gasteiger partial charge >= 0.3 is 0 Å². The molecule has 5 heteroatoms. The fraction of sp³-hybridized carbons (Fsp3) is 0.136. The SMILES string of the molecule is COc1ccc(SC(C)C(=O)Nc2ccc(Nc3ccccc3)cc2)cc1. The van der Waals surface area contributed by atoms with Gasteiger partial charge in [0.05, 0.1) is 12.4 Å². The molecule has 1 atom stereocenters. The summed E-state index contributed by atoms with van der Waals surface area (Å²) in [5.41, 5.74) is 2.78. The van der Waals surface area contributed by atoms with Gasteiger partial charge in [0.2, 0.25) is 5.91 Å². The molecule has 1 unspecified atom stereocenters. The lowest BCUT2D eigenvalue weighted by atomic mass is 10.2. The smallest absolute Gasteiger partial charge is 0.237 e. The van der Waals surface area contributed by atoms with Crippen molar-refractivity contribution in [3.63, 3.8) is 0 Å². The molecule has 2 N–H and O–H groups in total. The van der Waals surface area contributed by atoms with Crippen LogP contribution in [0.15, 0.2) is 83.8 Å². The molecule has 3 aromatic rings. The first kappa shape index (κ1) is 18.9. The molecule has 27 heavy (non-hydrogen) atoms. The molecular weight excluding hydrogens is 356 g/mol. The molecular formula is C22H22N2O2S. The predicted molar refractivity (Wildman–Crippen MR) is 113 cm³/mol. The molecule has 4 nitrogen and oxygen atoms in total. The van der Waals surface area contributed by atoms with Crippen LogP contribution in [0.2, 0.25) is 0 Å². The zero-order valence-corrected chi connectivity index (χ0v) is 16.1. The van der Waals surface area contributed by atoms with Gasteiger partial charge in [-0.15, -0.1) is 11.8 Å². The number of amides is 1. The first-order valence-electron chi connectivity index (χ1n) is 8.68. The third-order valence-electron chi connectivity index (χ3n) is 3.96. The van der Waals surface area contributed by atoms with E-state index in [4.69, 9.17) is 4.74 Å². The van der Waals surface area contributed by atoms with E-state index in [9.17, 15) is 4.79 Å². The van der Waals surface area contributed by atoms with Crippen LogP contribution < -0.4 is 15.4 Å². The number of para-hydroxylation sites is 1. The summed E-state index contributed by atoms with van der Waals surface area (Å²) in [5, 5.41) is 6.08. The molecule has 3 rings (SSSR count). The Morgan fingerprint density at radius 2 is 1.44 bits per heavy atom. The maximum Gasteiger partial charge on any atom is 0.237 e. The van der Waals surface area contributed by atoms with Gasteiger partial charge in [-0.2, -0.15) is 0 Å². The van der Waals surface area contributed by atoms with Crippen LogP contribution in [0.3, 0.4) is 0 Å². The van der Waals surface area contributed by atoms with Crippen molar-refractivity contribution in [2.24, 2.45) is 0 Å². The predicted octanol–water partition coefficient (Wildman–Crippen LogP) is 5.56. The minimum absolute atomic E-state index is 0.0282. The molecule has 0 bridgehead atoms. The van der Waals surface area contributed by atoms with Crippen molar-refractivity contribution in [2.45, 2.75) is 17.1 Å². The van der Waals surface area contributed by atoms with E-state index < -0.39 is 0 Å². The first-order valence-corrected chi connectivity index (χ1v) is 9.56. The number of thioether (sulfide) groups is 1. The minimum Gasteiger partial charge on any atom is -0.497 e. The standard InChI is InChI=1S/C22H22N2O2S/c1-16(27-21-14-12-20(26-2)13-15-21)22(25)24-19-10-8-18(9-11-19)23-17-6-4-3-5-7-17/h3-16,23H,1-2H3,(H,24,25). The summed E-state index contributed by atoms with van der Waals surface area (Å²) in [6, 6.07) is 25.4. The van der Waals surface area contributed by atoms with E-state index >= 15 is 0 Å². The summed E-state index contributed by atoms with van der Waals surface area (Å²) < 4.78 is 5.15. The lowest BCUT2D eigenvalue weighted by Crippen LogP contribution is -2.22. The topological polar surface area (TPSA) is 50.4 Å². The van der Waals surface area contributed by atoms with Crippen molar-refractivity contribution in [1.29, 1.82) is 0 Å². The van der Waals surface area contributed by atoms with Gasteiger partial charge in [-0.05, 0) is 67.6 Å². The number of anilines is 3. The lowest BCUT2D eigenvalue weighted by molar-refractivity contribution is -0.115. The highest BCUT2D eigenvalue weighted by molar-refractivity contribution is 8.00. The largest absolute Gasteiger partial charge is 0.497 e. The Kier molecular flexibility index (Phi) is 6.39. The minimum atomic E-state index is -0.208. The van der Waals surface area contributed by atoms with E-state index in [1.54, 1.807) is 7.11 Å². The molecule has 138 valence electrons. The number of methoxy groups -OCH3 is 1. The number of rotatable bonds is 7. The number of hydrogen-bond donors (Lipinski definition) is 2. The highest BCUT2D eigenvalue weighted by Crippen LogP contribution is 2.26. The molecule has 0 aliphatic heterocycles. The number of ether oxygens (including phenoxy) is 1. The van der Waals surface area contributed by atoms with Crippen molar-refractivity contribution in [3.05, 3.63) is 78.9 Å². The third kappa shape index (κ3) is 5.53. The third-order valence-corrected chi connectivity index (χ3v) is 5.07. The molecule has 0 fully saturated rings. The van der Waals surface area contributed by atoms with Crippen LogP contribution in [-0.2, 0) is 4.79 Å². The summed E-state index contributed by atoms with van der Waals surface area (Å²) >= 11 is 1.52. The molecule has 0 heterocycles. The summed E-state index contributed by atoms with van der Waals surface area (Å²) in [5.74, 6) is 0.778. The Bertz CT molecular complexity index is 865. The summed E-state index contributed by atoms with van der Waals surface area (Å²) in [6.45, 7) is 1.90. The Hall–Kier alpha value is -2.92. The molecule has 3 aromatic carbocycles. The Morgan fingerprint density at radius 3 is 2.07 bits per heavy atom. The monoisotopic (exact) mass is 378 g/mol. The van der Waals surface area contributed by atoms with Crippen LogP contribution in [0.25, 0.3) is 0 Å². The molecule has 0 spiro atoms. The van der Waals surface area contributed by atoms with Gasteiger partial charge in [-0.25, -0.2) is 0 Å². The van der Waals surface area contributed by atoms with E-state index in [2.05, 4.69) is 10.6 Å². The van der Waals surface area contributed by atoms with Gasteiger partial charge in [0, 0.05) is 22.0 Å². The van der Waals surface area contributed by atoms with Crippen LogP contribution in [-0.4, -0.2) is 18.3 Å². The lowest BCUT2D eigenvalue weighted by Gasteiger charge is -2.13. The van der Waals surface area contributed by atoms with Crippen LogP contribution in [0.4, 0.5) is 17.1 Å². The van der Waals surface area contributed by atoms with Gasteiger partial charge < -0.3 is 15.4 Å². The van der Waals surface area contributed by atoms with Crippen molar-refractivity contribution in [3.8, 4) is 5.75 Å². The fourth-order valence-corrected chi connectivity index (χ4v) is 3.35. The first-order chi connectivity index (χ1) is 13.1. The Balaban J connectivity index is 1.54. The zero-order valence-electron chi connectivity index (χ0n) is 15.3. The normalized spacial score (nSPS) is 11.5. The Morgan fingerprint density at radius 1 is 0.852 bits per heavy atom. The average Bonchev–Trinajstić information content (AvgIpc) is 2.71. The van der Waals surface area contributed by atoms with E-state index in [1.165, 1.54) is 11.8 Å². The van der Waals surface area contributed by atoms with E-state index in [-0.39, 0.29) is 11.2 Å². The van der Waals surface area contributed by atoms with E-state index in [1.807, 2.05) is 85.8 Å². The quantitative estimate of drug-likeness (QED) is 0.529. The van der Waals surface area contributed by atoms with E-state index in [0.29, 0.717) is 0 Å². The van der Waals surface area contributed by atoms with Gasteiger partial charge in [0.1, 0.15) is 5.75 Å². The summed E-state index contributed by atoms with van der Waals surface area (Å²) in [6.07, 6.45) is 0. The maximum absolute atomic E-state index is 12.4. The molecule has 0 aliphatic rings. The van der Waals surface area contributed by atoms with Crippen LogP contribution in [0.5, 0.6) is 5.75 Å². The second-order valence-corrected chi connectivity index (χ2v) is 7.41. The number of carbonyl (C=O) groups excluding carboxylic acids is 1. The summed E-state index contributed by atoms with van der Waals surface area (Å²) in [7, 11) is 1.64. The van der Waals surface area contributed by atoms with Crippen molar-refractivity contribution >= 4 is 34.7 Å². The van der Waals surface area contributed by atoms with Crippen molar-refractivity contribution in [2.75, 3.05) is 17.7 Å². The molecule has 0 radical (unpaired) electrons. The van der Waals surface area contributed by atoms with Gasteiger partial charge in [-0.3, -0.25) is 4.79 Å². The average molecular weight is 378 g/mol. The number of nitrogens with one attached hydrogen (secondary N) is 2. The van der Waals surface area contributed by atoms with Gasteiger partial charge in [0.25, 0.3) is 0 Å². The number of carbonyl (C=O) groups is 1. The molecule has 0 aliphatic carbocycles. The zero-order chi connectivity index (χ0) is 19.1. The second kappa shape index (κ2) is 9.14. The van der Waals surface area contributed by atoms with Gasteiger partial charge in [0.15, 0.2) is 0 Å². The van der Waals surface area contributed by atoms with Crippen LogP contribution in [0.1, 0.15) is 6.92 Å². The molecule has 1 amide bonds. The second-order valence-electron chi connectivity index (χ2n) is 5.99. The highest BCUT2D eigenvalue weighted by atomic mass is 32.2. The van der Waals surface area contributed by atoms with Crippen LogP contribution >= 0.6 is 11.8 Å². The van der Waals surface area contributed by atoms with E-state index in [0.717, 1.165) is 27.7 Å². The maximum atomic E-state index is 12.4. The summed E-state index contributed by atoms with van der Waals surface area (Å²) in [4.78, 5) is 13.5. The fourth-order valence-electron chi connectivity index (χ4n) is 2.48. The molecule has 0 saturated carbocycles. The van der Waals surface area contributed by atoms with Crippen molar-refractivity contribution < 1.29 is 9.53 Å². The number of hydrogen-bond acceptors (Lipinski definition) is 4. The van der Waals surface area contributed by atoms with Gasteiger partial charge in [-0.1, -0.05) is 18.2 Å². The highest BCUT2D eigenvalue weighted by Gasteiger charge is 2.14.